The zero-order valence-corrected chi connectivity index (χ0v) is 14.3. The van der Waals surface area contributed by atoms with Gasteiger partial charge in [-0.25, -0.2) is 0 Å². The molecule has 0 saturated carbocycles. The van der Waals surface area contributed by atoms with Crippen LogP contribution in [0, 0.1) is 24.0 Å². The van der Waals surface area contributed by atoms with Crippen LogP contribution in [0.25, 0.3) is 0 Å². The van der Waals surface area contributed by atoms with Crippen molar-refractivity contribution in [3.8, 4) is 0 Å². The zero-order chi connectivity index (χ0) is 18.6. The lowest BCUT2D eigenvalue weighted by Crippen LogP contribution is -2.23. The van der Waals surface area contributed by atoms with Crippen LogP contribution in [0.5, 0.6) is 0 Å². The quantitative estimate of drug-likeness (QED) is 0.476. The van der Waals surface area contributed by atoms with Gasteiger partial charge in [-0.2, -0.15) is 0 Å². The van der Waals surface area contributed by atoms with Gasteiger partial charge in [0.2, 0.25) is 5.91 Å². The molecule has 130 valence electrons. The van der Waals surface area contributed by atoms with E-state index in [4.69, 9.17) is 0 Å². The van der Waals surface area contributed by atoms with Gasteiger partial charge in [0.25, 0.3) is 5.69 Å². The fourth-order valence-corrected chi connectivity index (χ4v) is 2.33. The minimum Gasteiger partial charge on any atom is -0.376 e. The predicted octanol–water partition coefficient (Wildman–Crippen LogP) is 3.46. The number of nitro groups is 1. The van der Waals surface area contributed by atoms with Gasteiger partial charge in [-0.05, 0) is 44.0 Å². The van der Waals surface area contributed by atoms with Crippen LogP contribution in [0.1, 0.15) is 28.4 Å². The van der Waals surface area contributed by atoms with Gasteiger partial charge in [0, 0.05) is 17.3 Å². The van der Waals surface area contributed by atoms with Crippen LogP contribution < -0.4 is 10.6 Å². The van der Waals surface area contributed by atoms with Crippen LogP contribution in [0.4, 0.5) is 17.1 Å². The monoisotopic (exact) mass is 341 g/mol. The average Bonchev–Trinajstić information content (AvgIpc) is 2.57. The molecule has 2 aromatic carbocycles. The van der Waals surface area contributed by atoms with Gasteiger partial charge in [-0.3, -0.25) is 19.7 Å². The smallest absolute Gasteiger partial charge is 0.293 e. The topological polar surface area (TPSA) is 101 Å². The third-order valence-corrected chi connectivity index (χ3v) is 3.90. The molecule has 7 heteroatoms. The first-order valence-electron chi connectivity index (χ1n) is 7.69. The first kappa shape index (κ1) is 18.1. The first-order valence-corrected chi connectivity index (χ1v) is 7.69. The fraction of sp³-hybridized carbons (Fsp3) is 0.222. The van der Waals surface area contributed by atoms with Crippen molar-refractivity contribution in [3.05, 3.63) is 63.2 Å². The molecule has 0 bridgehead atoms. The van der Waals surface area contributed by atoms with E-state index in [2.05, 4.69) is 10.6 Å². The van der Waals surface area contributed by atoms with Crippen molar-refractivity contribution in [2.75, 3.05) is 17.2 Å². The molecule has 0 spiro atoms. The fourth-order valence-electron chi connectivity index (χ4n) is 2.33. The molecular formula is C18H19N3O4. The molecule has 2 N–H and O–H groups in total. The molecule has 0 aliphatic rings. The molecule has 0 aliphatic heterocycles. The highest BCUT2D eigenvalue weighted by atomic mass is 16.6. The lowest BCUT2D eigenvalue weighted by atomic mass is 10.1. The highest BCUT2D eigenvalue weighted by molar-refractivity contribution is 5.97. The minimum absolute atomic E-state index is 0.0703. The number of hydrogen-bond donors (Lipinski definition) is 2. The van der Waals surface area contributed by atoms with Crippen molar-refractivity contribution in [1.82, 2.24) is 0 Å². The Morgan fingerprint density at radius 3 is 2.52 bits per heavy atom. The van der Waals surface area contributed by atoms with Crippen LogP contribution in [0.15, 0.2) is 36.4 Å². The van der Waals surface area contributed by atoms with E-state index in [1.165, 1.54) is 13.0 Å². The second kappa shape index (κ2) is 7.57. The van der Waals surface area contributed by atoms with Crippen molar-refractivity contribution in [2.45, 2.75) is 20.8 Å². The van der Waals surface area contributed by atoms with Gasteiger partial charge in [0.1, 0.15) is 5.69 Å². The van der Waals surface area contributed by atoms with Crippen LogP contribution >= 0.6 is 0 Å². The standard InChI is InChI=1S/C18H19N3O4/c1-11-7-8-16(21(24)25)18(12(11)2)20-17(23)10-19-15-6-4-5-14(9-15)13(3)22/h4-9,19H,10H2,1-3H3,(H,20,23). The summed E-state index contributed by atoms with van der Waals surface area (Å²) in [6.07, 6.45) is 0. The number of nitrogens with zero attached hydrogens (tertiary/aromatic N) is 1. The van der Waals surface area contributed by atoms with E-state index >= 15 is 0 Å². The summed E-state index contributed by atoms with van der Waals surface area (Å²) in [7, 11) is 0. The van der Waals surface area contributed by atoms with Gasteiger partial charge in [-0.1, -0.05) is 18.2 Å². The number of carbonyl (C=O) groups excluding carboxylic acids is 2. The van der Waals surface area contributed by atoms with Crippen molar-refractivity contribution in [2.24, 2.45) is 0 Å². The number of nitrogens with one attached hydrogen (secondary N) is 2. The number of aryl methyl sites for hydroxylation is 1. The van der Waals surface area contributed by atoms with Gasteiger partial charge < -0.3 is 10.6 Å². The first-order chi connectivity index (χ1) is 11.8. The van der Waals surface area contributed by atoms with Crippen LogP contribution in [0.2, 0.25) is 0 Å². The maximum Gasteiger partial charge on any atom is 0.293 e. The molecule has 0 unspecified atom stereocenters. The minimum atomic E-state index is -0.522. The van der Waals surface area contributed by atoms with Crippen molar-refractivity contribution in [1.29, 1.82) is 0 Å². The summed E-state index contributed by atoms with van der Waals surface area (Å²) in [5.74, 6) is -0.482. The summed E-state index contributed by atoms with van der Waals surface area (Å²) in [5, 5.41) is 16.7. The Bertz CT molecular complexity index is 846. The molecule has 7 nitrogen and oxygen atoms in total. The number of amides is 1. The Morgan fingerprint density at radius 2 is 1.88 bits per heavy atom. The van der Waals surface area contributed by atoms with E-state index in [9.17, 15) is 19.7 Å². The molecule has 0 atom stereocenters. The Kier molecular flexibility index (Phi) is 5.49. The van der Waals surface area contributed by atoms with E-state index in [0.717, 1.165) is 5.56 Å². The second-order valence-electron chi connectivity index (χ2n) is 5.70. The van der Waals surface area contributed by atoms with Crippen LogP contribution in [-0.2, 0) is 4.79 Å². The number of ketones is 1. The predicted molar refractivity (Wildman–Crippen MR) is 96.1 cm³/mol. The molecule has 0 aromatic heterocycles. The summed E-state index contributed by atoms with van der Waals surface area (Å²) in [6.45, 7) is 4.93. The number of benzene rings is 2. The van der Waals surface area contributed by atoms with Gasteiger partial charge in [0.15, 0.2) is 5.78 Å². The zero-order valence-electron chi connectivity index (χ0n) is 14.3. The summed E-state index contributed by atoms with van der Waals surface area (Å²) >= 11 is 0. The number of carbonyl (C=O) groups is 2. The number of Topliss-reactive ketones (excluding diaryl/α,β-unsaturated/α-hetero) is 1. The molecule has 0 fully saturated rings. The largest absolute Gasteiger partial charge is 0.376 e. The SMILES string of the molecule is CC(=O)c1cccc(NCC(=O)Nc2c([N+](=O)[O-])ccc(C)c2C)c1. The third kappa shape index (κ3) is 4.41. The molecule has 25 heavy (non-hydrogen) atoms. The highest BCUT2D eigenvalue weighted by Gasteiger charge is 2.19. The number of anilines is 2. The maximum atomic E-state index is 12.2. The van der Waals surface area contributed by atoms with E-state index in [-0.39, 0.29) is 23.7 Å². The normalized spacial score (nSPS) is 10.2. The molecule has 0 radical (unpaired) electrons. The highest BCUT2D eigenvalue weighted by Crippen LogP contribution is 2.30. The Balaban J connectivity index is 2.11. The molecule has 1 amide bonds. The van der Waals surface area contributed by atoms with Gasteiger partial charge >= 0.3 is 0 Å². The van der Waals surface area contributed by atoms with Crippen molar-refractivity contribution in [3.63, 3.8) is 0 Å². The number of rotatable bonds is 6. The lowest BCUT2D eigenvalue weighted by molar-refractivity contribution is -0.384. The van der Waals surface area contributed by atoms with Gasteiger partial charge in [-0.15, -0.1) is 0 Å². The van der Waals surface area contributed by atoms with Crippen molar-refractivity contribution < 1.29 is 14.5 Å². The van der Waals surface area contributed by atoms with Crippen molar-refractivity contribution >= 4 is 28.8 Å². The summed E-state index contributed by atoms with van der Waals surface area (Å²) < 4.78 is 0. The van der Waals surface area contributed by atoms with E-state index in [1.54, 1.807) is 37.3 Å². The van der Waals surface area contributed by atoms with Crippen LogP contribution in [0.3, 0.4) is 0 Å². The maximum absolute atomic E-state index is 12.2. The Morgan fingerprint density at radius 1 is 1.16 bits per heavy atom. The number of nitro benzene ring substituents is 1. The lowest BCUT2D eigenvalue weighted by Gasteiger charge is -2.12. The van der Waals surface area contributed by atoms with E-state index < -0.39 is 10.8 Å². The average molecular weight is 341 g/mol. The second-order valence-corrected chi connectivity index (χ2v) is 5.70. The third-order valence-electron chi connectivity index (χ3n) is 3.90. The Labute approximate surface area is 145 Å². The number of hydrogen-bond acceptors (Lipinski definition) is 5. The molecular weight excluding hydrogens is 322 g/mol. The molecule has 0 saturated heterocycles. The van der Waals surface area contributed by atoms with Gasteiger partial charge in [0.05, 0.1) is 11.5 Å². The van der Waals surface area contributed by atoms with Crippen LogP contribution in [-0.4, -0.2) is 23.2 Å². The summed E-state index contributed by atoms with van der Waals surface area (Å²) in [4.78, 5) is 34.2. The van der Waals surface area contributed by atoms with E-state index in [1.807, 2.05) is 6.92 Å². The summed E-state index contributed by atoms with van der Waals surface area (Å²) in [6, 6.07) is 9.81. The molecule has 0 aliphatic carbocycles. The molecule has 2 aromatic rings. The van der Waals surface area contributed by atoms with E-state index in [0.29, 0.717) is 16.8 Å². The molecule has 0 heterocycles. The molecule has 2 rings (SSSR count). The Hall–Kier alpha value is -3.22. The summed E-state index contributed by atoms with van der Waals surface area (Å²) in [5.41, 5.74) is 2.72.